The molecule has 0 saturated heterocycles. The van der Waals surface area contributed by atoms with E-state index in [2.05, 4.69) is 15.3 Å². The van der Waals surface area contributed by atoms with Crippen LogP contribution in [0.3, 0.4) is 0 Å². The molecule has 2 aromatic carbocycles. The minimum atomic E-state index is -0.480. The molecule has 150 valence electrons. The number of nitrogens with zero attached hydrogens (tertiary/aromatic N) is 3. The number of phenolic OH excluding ortho intramolecular Hbond substituents is 1. The van der Waals surface area contributed by atoms with E-state index in [0.717, 1.165) is 22.2 Å². The average Bonchev–Trinajstić information content (AvgIpc) is 2.73. The van der Waals surface area contributed by atoms with E-state index in [9.17, 15) is 15.2 Å². The van der Waals surface area contributed by atoms with Crippen LogP contribution in [-0.4, -0.2) is 20.0 Å². The smallest absolute Gasteiger partial charge is 0.269 e. The summed E-state index contributed by atoms with van der Waals surface area (Å²) < 4.78 is 0. The van der Waals surface area contributed by atoms with Gasteiger partial charge in [0, 0.05) is 35.0 Å². The van der Waals surface area contributed by atoms with Gasteiger partial charge in [-0.15, -0.1) is 0 Å². The second-order valence-electron chi connectivity index (χ2n) is 7.17. The average molecular weight is 400 g/mol. The predicted molar refractivity (Wildman–Crippen MR) is 116 cm³/mol. The minimum absolute atomic E-state index is 0.00575. The molecular weight excluding hydrogens is 380 g/mol. The number of anilines is 1. The summed E-state index contributed by atoms with van der Waals surface area (Å²) in [5, 5.41) is 26.3. The number of hydrogen-bond donors (Lipinski definition) is 2. The molecule has 2 heterocycles. The van der Waals surface area contributed by atoms with Crippen molar-refractivity contribution in [3.05, 3.63) is 99.4 Å². The Bertz CT molecular complexity index is 1240. The van der Waals surface area contributed by atoms with Crippen molar-refractivity contribution >= 4 is 22.4 Å². The zero-order valence-electron chi connectivity index (χ0n) is 16.5. The highest BCUT2D eigenvalue weighted by atomic mass is 16.6. The number of aromatic hydroxyl groups is 1. The molecule has 7 heteroatoms. The van der Waals surface area contributed by atoms with Gasteiger partial charge in [-0.3, -0.25) is 10.1 Å². The van der Waals surface area contributed by atoms with Crippen LogP contribution in [0, 0.1) is 24.0 Å². The van der Waals surface area contributed by atoms with Gasteiger partial charge >= 0.3 is 0 Å². The normalized spacial score (nSPS) is 11.9. The standard InChI is InChI=1S/C23H20N4O3/c1-14-11-12-24-20(13-14)26-21(16-5-8-18(9-6-16)27(29)30)19-10-7-17-4-3-15(2)25-22(17)23(19)28/h3-13,21,28H,1-2H3,(H,24,26)/t21-/m1/s1. The summed E-state index contributed by atoms with van der Waals surface area (Å²) in [6.45, 7) is 3.84. The summed E-state index contributed by atoms with van der Waals surface area (Å²) >= 11 is 0. The summed E-state index contributed by atoms with van der Waals surface area (Å²) in [6.07, 6.45) is 1.70. The Labute approximate surface area is 173 Å². The summed E-state index contributed by atoms with van der Waals surface area (Å²) in [7, 11) is 0. The van der Waals surface area contributed by atoms with E-state index in [-0.39, 0.29) is 11.4 Å². The number of benzene rings is 2. The van der Waals surface area contributed by atoms with Gasteiger partial charge < -0.3 is 10.4 Å². The molecule has 0 aliphatic heterocycles. The predicted octanol–water partition coefficient (Wildman–Crippen LogP) is 5.06. The van der Waals surface area contributed by atoms with Crippen molar-refractivity contribution in [2.24, 2.45) is 0 Å². The van der Waals surface area contributed by atoms with Crippen LogP contribution in [0.5, 0.6) is 5.75 Å². The zero-order chi connectivity index (χ0) is 21.3. The van der Waals surface area contributed by atoms with Gasteiger partial charge in [-0.1, -0.05) is 18.2 Å². The fraction of sp³-hybridized carbons (Fsp3) is 0.130. The quantitative estimate of drug-likeness (QED) is 0.359. The van der Waals surface area contributed by atoms with Crippen LogP contribution in [0.25, 0.3) is 10.9 Å². The molecule has 0 spiro atoms. The van der Waals surface area contributed by atoms with Crippen molar-refractivity contribution in [2.75, 3.05) is 5.32 Å². The Kier molecular flexibility index (Phi) is 5.02. The summed E-state index contributed by atoms with van der Waals surface area (Å²) in [6, 6.07) is 17.1. The fourth-order valence-electron chi connectivity index (χ4n) is 3.41. The molecule has 2 N–H and O–H groups in total. The highest BCUT2D eigenvalue weighted by Crippen LogP contribution is 2.36. The number of non-ortho nitro benzene ring substituents is 1. The van der Waals surface area contributed by atoms with Crippen LogP contribution in [0.4, 0.5) is 11.5 Å². The van der Waals surface area contributed by atoms with Crippen LogP contribution in [-0.2, 0) is 0 Å². The first-order valence-electron chi connectivity index (χ1n) is 9.45. The largest absolute Gasteiger partial charge is 0.505 e. The molecule has 4 aromatic rings. The molecule has 30 heavy (non-hydrogen) atoms. The van der Waals surface area contributed by atoms with Crippen LogP contribution in [0.15, 0.2) is 66.9 Å². The number of pyridine rings is 2. The van der Waals surface area contributed by atoms with Gasteiger partial charge in [0.1, 0.15) is 17.1 Å². The first-order valence-corrected chi connectivity index (χ1v) is 9.45. The lowest BCUT2D eigenvalue weighted by Gasteiger charge is -2.22. The summed E-state index contributed by atoms with van der Waals surface area (Å²) in [5.74, 6) is 0.703. The third kappa shape index (κ3) is 3.77. The van der Waals surface area contributed by atoms with Crippen LogP contribution in [0.1, 0.15) is 28.4 Å². The van der Waals surface area contributed by atoms with Crippen molar-refractivity contribution in [1.29, 1.82) is 0 Å². The second kappa shape index (κ2) is 7.79. The Morgan fingerprint density at radius 1 is 1.03 bits per heavy atom. The number of fused-ring (bicyclic) bond motifs is 1. The molecule has 0 unspecified atom stereocenters. The van der Waals surface area contributed by atoms with Gasteiger partial charge in [-0.05, 0) is 55.3 Å². The molecular formula is C23H20N4O3. The lowest BCUT2D eigenvalue weighted by atomic mass is 9.96. The van der Waals surface area contributed by atoms with Crippen molar-refractivity contribution in [2.45, 2.75) is 19.9 Å². The number of rotatable bonds is 5. The first kappa shape index (κ1) is 19.3. The number of aromatic nitrogens is 2. The summed E-state index contributed by atoms with van der Waals surface area (Å²) in [4.78, 5) is 19.5. The number of nitro groups is 1. The van der Waals surface area contributed by atoms with E-state index < -0.39 is 11.0 Å². The van der Waals surface area contributed by atoms with Crippen LogP contribution in [0.2, 0.25) is 0 Å². The lowest BCUT2D eigenvalue weighted by molar-refractivity contribution is -0.384. The van der Waals surface area contributed by atoms with E-state index in [1.807, 2.05) is 50.2 Å². The third-order valence-corrected chi connectivity index (χ3v) is 4.96. The maximum atomic E-state index is 11.0. The topological polar surface area (TPSA) is 101 Å². The van der Waals surface area contributed by atoms with Crippen molar-refractivity contribution < 1.29 is 10.0 Å². The number of aryl methyl sites for hydroxylation is 2. The number of nitro benzene ring substituents is 1. The van der Waals surface area contributed by atoms with E-state index in [1.54, 1.807) is 18.3 Å². The van der Waals surface area contributed by atoms with E-state index >= 15 is 0 Å². The number of hydrogen-bond acceptors (Lipinski definition) is 6. The minimum Gasteiger partial charge on any atom is -0.505 e. The molecule has 2 aromatic heterocycles. The van der Waals surface area contributed by atoms with E-state index in [0.29, 0.717) is 16.9 Å². The molecule has 0 aliphatic carbocycles. The van der Waals surface area contributed by atoms with Crippen molar-refractivity contribution in [1.82, 2.24) is 9.97 Å². The maximum absolute atomic E-state index is 11.0. The Morgan fingerprint density at radius 2 is 1.77 bits per heavy atom. The van der Waals surface area contributed by atoms with Gasteiger partial charge in [0.25, 0.3) is 5.69 Å². The molecule has 0 bridgehead atoms. The zero-order valence-corrected chi connectivity index (χ0v) is 16.5. The molecule has 0 fully saturated rings. The first-order chi connectivity index (χ1) is 14.4. The lowest BCUT2D eigenvalue weighted by Crippen LogP contribution is -2.14. The molecule has 0 saturated carbocycles. The van der Waals surface area contributed by atoms with Gasteiger partial charge in [0.2, 0.25) is 0 Å². The molecule has 0 radical (unpaired) electrons. The molecule has 7 nitrogen and oxygen atoms in total. The highest BCUT2D eigenvalue weighted by Gasteiger charge is 2.21. The highest BCUT2D eigenvalue weighted by molar-refractivity contribution is 5.86. The SMILES string of the molecule is Cc1ccnc(N[C@H](c2ccc([N+](=O)[O-])cc2)c2ccc3ccc(C)nc3c2O)c1. The fourth-order valence-corrected chi connectivity index (χ4v) is 3.41. The Balaban J connectivity index is 1.85. The number of nitrogens with one attached hydrogen (secondary N) is 1. The maximum Gasteiger partial charge on any atom is 0.269 e. The second-order valence-corrected chi connectivity index (χ2v) is 7.17. The van der Waals surface area contributed by atoms with Gasteiger partial charge in [0.05, 0.1) is 11.0 Å². The van der Waals surface area contributed by atoms with Gasteiger partial charge in [0.15, 0.2) is 0 Å². The Morgan fingerprint density at radius 3 is 2.47 bits per heavy atom. The van der Waals surface area contributed by atoms with E-state index in [4.69, 9.17) is 0 Å². The van der Waals surface area contributed by atoms with Crippen LogP contribution >= 0.6 is 0 Å². The van der Waals surface area contributed by atoms with E-state index in [1.165, 1.54) is 12.1 Å². The molecule has 0 aliphatic rings. The van der Waals surface area contributed by atoms with Crippen molar-refractivity contribution in [3.63, 3.8) is 0 Å². The molecule has 0 amide bonds. The van der Waals surface area contributed by atoms with Crippen LogP contribution < -0.4 is 5.32 Å². The van der Waals surface area contributed by atoms with Gasteiger partial charge in [-0.25, -0.2) is 9.97 Å². The third-order valence-electron chi connectivity index (χ3n) is 4.96. The van der Waals surface area contributed by atoms with Crippen molar-refractivity contribution in [3.8, 4) is 5.75 Å². The Hall–Kier alpha value is -4.00. The molecule has 1 atom stereocenters. The number of phenols is 1. The monoisotopic (exact) mass is 400 g/mol. The van der Waals surface area contributed by atoms with Gasteiger partial charge in [-0.2, -0.15) is 0 Å². The summed E-state index contributed by atoms with van der Waals surface area (Å²) in [5.41, 5.74) is 3.72. The molecule has 4 rings (SSSR count).